The van der Waals surface area contributed by atoms with Crippen molar-refractivity contribution < 1.29 is 4.79 Å². The van der Waals surface area contributed by atoms with Gasteiger partial charge in [-0.15, -0.1) is 0 Å². The van der Waals surface area contributed by atoms with Gasteiger partial charge in [0.15, 0.2) is 0 Å². The van der Waals surface area contributed by atoms with Gasteiger partial charge >= 0.3 is 0 Å². The maximum atomic E-state index is 12.6. The molecule has 0 atom stereocenters. The number of benzene rings is 2. The summed E-state index contributed by atoms with van der Waals surface area (Å²) in [6.45, 7) is 7.76. The van der Waals surface area contributed by atoms with Gasteiger partial charge in [-0.2, -0.15) is 5.10 Å². The number of thiazole rings is 1. The normalized spacial score (nSPS) is 10.7. The molecule has 0 aliphatic carbocycles. The Morgan fingerprint density at radius 3 is 2.65 bits per heavy atom. The lowest BCUT2D eigenvalue weighted by atomic mass is 10.1. The summed E-state index contributed by atoms with van der Waals surface area (Å²) in [5.74, 6) is -0.227. The summed E-state index contributed by atoms with van der Waals surface area (Å²) in [6, 6.07) is 8.97. The number of carbonyl (C=O) groups excluding carboxylic acids is 1. The van der Waals surface area contributed by atoms with Crippen molar-refractivity contribution in [3.05, 3.63) is 52.0 Å². The molecule has 0 bridgehead atoms. The van der Waals surface area contributed by atoms with E-state index in [0.29, 0.717) is 10.6 Å². The van der Waals surface area contributed by atoms with Crippen molar-refractivity contribution in [3.63, 3.8) is 0 Å². The van der Waals surface area contributed by atoms with Crippen LogP contribution in [0, 0.1) is 13.8 Å². The van der Waals surface area contributed by atoms with Crippen molar-refractivity contribution in [3.8, 4) is 0 Å². The minimum absolute atomic E-state index is 0.227. The van der Waals surface area contributed by atoms with Crippen molar-refractivity contribution in [2.45, 2.75) is 27.7 Å². The molecule has 7 heteroatoms. The third-order valence-electron chi connectivity index (χ3n) is 3.85. The number of hydrazone groups is 1. The zero-order valence-corrected chi connectivity index (χ0v) is 16.5. The van der Waals surface area contributed by atoms with Gasteiger partial charge in [-0.25, -0.2) is 4.98 Å². The van der Waals surface area contributed by atoms with E-state index < -0.39 is 0 Å². The highest BCUT2D eigenvalue weighted by atomic mass is 35.5. The largest absolute Gasteiger partial charge is 0.321 e. The maximum Gasteiger partial charge on any atom is 0.257 e. The van der Waals surface area contributed by atoms with Crippen molar-refractivity contribution in [1.29, 1.82) is 0 Å². The Kier molecular flexibility index (Phi) is 5.25. The summed E-state index contributed by atoms with van der Waals surface area (Å²) in [5.41, 5.74) is 7.93. The molecule has 2 aromatic carbocycles. The first-order chi connectivity index (χ1) is 12.4. The number of amides is 1. The summed E-state index contributed by atoms with van der Waals surface area (Å²) >= 11 is 7.64. The summed E-state index contributed by atoms with van der Waals surface area (Å²) in [4.78, 5) is 17.2. The van der Waals surface area contributed by atoms with Crippen LogP contribution in [0.15, 0.2) is 35.4 Å². The van der Waals surface area contributed by atoms with Crippen molar-refractivity contribution in [1.82, 2.24) is 4.98 Å². The number of aromatic nitrogens is 1. The standard InChI is InChI=1S/C19H19ClN4OS/c1-10(2)23-24-19-21-15-9-11(3)16(12(4)17(15)26-19)22-18(25)13-7-5-6-8-14(13)20/h5-9H,1-4H3,(H,21,24)(H,22,25). The molecule has 5 nitrogen and oxygen atoms in total. The fourth-order valence-electron chi connectivity index (χ4n) is 2.61. The van der Waals surface area contributed by atoms with Gasteiger partial charge in [0.25, 0.3) is 5.91 Å². The summed E-state index contributed by atoms with van der Waals surface area (Å²) in [7, 11) is 0. The number of aryl methyl sites for hydroxylation is 2. The smallest absolute Gasteiger partial charge is 0.257 e. The number of nitrogens with zero attached hydrogens (tertiary/aromatic N) is 2. The lowest BCUT2D eigenvalue weighted by molar-refractivity contribution is 0.102. The van der Waals surface area contributed by atoms with E-state index in [-0.39, 0.29) is 5.91 Å². The van der Waals surface area contributed by atoms with Gasteiger partial charge in [0, 0.05) is 11.4 Å². The van der Waals surface area contributed by atoms with E-state index in [4.69, 9.17) is 11.6 Å². The minimum atomic E-state index is -0.227. The van der Waals surface area contributed by atoms with Crippen LogP contribution in [-0.4, -0.2) is 16.6 Å². The van der Waals surface area contributed by atoms with E-state index in [1.165, 1.54) is 11.3 Å². The molecule has 1 amide bonds. The van der Waals surface area contributed by atoms with E-state index >= 15 is 0 Å². The number of rotatable bonds is 4. The summed E-state index contributed by atoms with van der Waals surface area (Å²) in [6.07, 6.45) is 0. The Morgan fingerprint density at radius 2 is 1.96 bits per heavy atom. The molecule has 3 rings (SSSR count). The molecule has 0 fully saturated rings. The first kappa shape index (κ1) is 18.4. The van der Waals surface area contributed by atoms with Crippen LogP contribution < -0.4 is 10.7 Å². The Balaban J connectivity index is 1.97. The van der Waals surface area contributed by atoms with Crippen LogP contribution in [0.3, 0.4) is 0 Å². The molecule has 2 N–H and O–H groups in total. The molecular weight excluding hydrogens is 368 g/mol. The van der Waals surface area contributed by atoms with E-state index in [1.807, 2.05) is 33.8 Å². The molecule has 0 aliphatic heterocycles. The maximum absolute atomic E-state index is 12.6. The van der Waals surface area contributed by atoms with Gasteiger partial charge in [-0.1, -0.05) is 35.1 Å². The first-order valence-electron chi connectivity index (χ1n) is 8.10. The Morgan fingerprint density at radius 1 is 1.23 bits per heavy atom. The second kappa shape index (κ2) is 7.43. The average molecular weight is 387 g/mol. The number of nitrogens with one attached hydrogen (secondary N) is 2. The highest BCUT2D eigenvalue weighted by Crippen LogP contribution is 2.35. The molecule has 0 aliphatic rings. The highest BCUT2D eigenvalue weighted by molar-refractivity contribution is 7.22. The van der Waals surface area contributed by atoms with Crippen LogP contribution in [0.4, 0.5) is 10.8 Å². The monoisotopic (exact) mass is 386 g/mol. The van der Waals surface area contributed by atoms with E-state index in [1.54, 1.807) is 24.3 Å². The number of halogens is 1. The zero-order valence-electron chi connectivity index (χ0n) is 15.0. The molecule has 0 radical (unpaired) electrons. The van der Waals surface area contributed by atoms with Gasteiger partial charge in [0.2, 0.25) is 5.13 Å². The molecule has 1 aromatic heterocycles. The Hall–Kier alpha value is -2.44. The van der Waals surface area contributed by atoms with Crippen molar-refractivity contribution in [2.24, 2.45) is 5.10 Å². The SMILES string of the molecule is CC(C)=NNc1nc2cc(C)c(NC(=O)c3ccccc3Cl)c(C)c2s1. The second-order valence-corrected chi connectivity index (χ2v) is 7.57. The molecule has 1 heterocycles. The summed E-state index contributed by atoms with van der Waals surface area (Å²) in [5, 5.41) is 8.34. The highest BCUT2D eigenvalue weighted by Gasteiger charge is 2.16. The van der Waals surface area contributed by atoms with E-state index in [0.717, 1.165) is 37.9 Å². The van der Waals surface area contributed by atoms with Gasteiger partial charge in [-0.05, 0) is 57.0 Å². The number of carbonyl (C=O) groups is 1. The topological polar surface area (TPSA) is 66.4 Å². The third kappa shape index (κ3) is 3.71. The molecule has 26 heavy (non-hydrogen) atoms. The van der Waals surface area contributed by atoms with Crippen LogP contribution in [0.25, 0.3) is 10.2 Å². The first-order valence-corrected chi connectivity index (χ1v) is 9.29. The zero-order chi connectivity index (χ0) is 18.8. The van der Waals surface area contributed by atoms with Gasteiger partial charge in [0.1, 0.15) is 0 Å². The molecule has 0 saturated heterocycles. The number of hydrogen-bond donors (Lipinski definition) is 2. The molecule has 0 saturated carbocycles. The fraction of sp³-hybridized carbons (Fsp3) is 0.211. The fourth-order valence-corrected chi connectivity index (χ4v) is 3.73. The third-order valence-corrected chi connectivity index (χ3v) is 5.27. The quantitative estimate of drug-likeness (QED) is 0.451. The molecular formula is C19H19ClN4OS. The lowest BCUT2D eigenvalue weighted by Gasteiger charge is -2.13. The Bertz CT molecular complexity index is 1020. The van der Waals surface area contributed by atoms with Crippen LogP contribution in [0.1, 0.15) is 35.3 Å². The van der Waals surface area contributed by atoms with E-state index in [9.17, 15) is 4.79 Å². The lowest BCUT2D eigenvalue weighted by Crippen LogP contribution is -2.14. The van der Waals surface area contributed by atoms with Crippen molar-refractivity contribution in [2.75, 3.05) is 10.7 Å². The second-order valence-electron chi connectivity index (χ2n) is 6.17. The van der Waals surface area contributed by atoms with Gasteiger partial charge in [-0.3, -0.25) is 10.2 Å². The van der Waals surface area contributed by atoms with E-state index in [2.05, 4.69) is 20.8 Å². The van der Waals surface area contributed by atoms with Gasteiger partial charge < -0.3 is 5.32 Å². The van der Waals surface area contributed by atoms with Crippen LogP contribution in [0.5, 0.6) is 0 Å². The predicted octanol–water partition coefficient (Wildman–Crippen LogP) is 5.63. The summed E-state index contributed by atoms with van der Waals surface area (Å²) < 4.78 is 1.01. The minimum Gasteiger partial charge on any atom is -0.321 e. The number of hydrogen-bond acceptors (Lipinski definition) is 5. The van der Waals surface area contributed by atoms with Crippen molar-refractivity contribution >= 4 is 55.6 Å². The predicted molar refractivity (Wildman–Crippen MR) is 111 cm³/mol. The van der Waals surface area contributed by atoms with Gasteiger partial charge in [0.05, 0.1) is 20.8 Å². The van der Waals surface area contributed by atoms with Crippen LogP contribution >= 0.6 is 22.9 Å². The molecule has 0 unspecified atom stereocenters. The van der Waals surface area contributed by atoms with Crippen LogP contribution in [0.2, 0.25) is 5.02 Å². The molecule has 0 spiro atoms. The average Bonchev–Trinajstić information content (AvgIpc) is 3.00. The molecule has 3 aromatic rings. The number of fused-ring (bicyclic) bond motifs is 1. The molecule has 134 valence electrons. The van der Waals surface area contributed by atoms with Crippen LogP contribution in [-0.2, 0) is 0 Å². The number of anilines is 2. The Labute approximate surface area is 161 Å².